The van der Waals surface area contributed by atoms with E-state index in [-0.39, 0.29) is 0 Å². The molecule has 0 unspecified atom stereocenters. The molecule has 0 aliphatic rings. The number of benzene rings is 2. The number of hydrogen-bond acceptors (Lipinski definition) is 3. The average Bonchev–Trinajstić information content (AvgIpc) is 2.61. The summed E-state index contributed by atoms with van der Waals surface area (Å²) in [5.74, 6) is 1.95. The van der Waals surface area contributed by atoms with Gasteiger partial charge >= 0.3 is 0 Å². The first-order valence-corrected chi connectivity index (χ1v) is 8.21. The second-order valence-electron chi connectivity index (χ2n) is 6.22. The van der Waals surface area contributed by atoms with E-state index < -0.39 is 0 Å². The zero-order chi connectivity index (χ0) is 17.1. The zero-order valence-electron chi connectivity index (χ0n) is 14.7. The van der Waals surface area contributed by atoms with E-state index in [1.54, 1.807) is 14.2 Å². The third kappa shape index (κ3) is 3.07. The van der Waals surface area contributed by atoms with E-state index >= 15 is 0 Å². The van der Waals surface area contributed by atoms with Crippen LogP contribution in [-0.2, 0) is 6.42 Å². The van der Waals surface area contributed by atoms with Crippen molar-refractivity contribution in [2.75, 3.05) is 14.2 Å². The SMILES string of the molecule is COc1ccc(Cc2nccc3cccc(C(C)C)c23)cc1OC. The summed E-state index contributed by atoms with van der Waals surface area (Å²) in [6.07, 6.45) is 2.66. The first kappa shape index (κ1) is 16.3. The molecule has 1 heterocycles. The van der Waals surface area contributed by atoms with Crippen molar-refractivity contribution in [1.82, 2.24) is 4.98 Å². The Morgan fingerprint density at radius 2 is 1.75 bits per heavy atom. The summed E-state index contributed by atoms with van der Waals surface area (Å²) in [5, 5.41) is 2.51. The van der Waals surface area contributed by atoms with Crippen LogP contribution in [0, 0.1) is 0 Å². The van der Waals surface area contributed by atoms with Crippen LogP contribution in [0.5, 0.6) is 11.5 Å². The van der Waals surface area contributed by atoms with Gasteiger partial charge in [0.15, 0.2) is 11.5 Å². The Kier molecular flexibility index (Phi) is 4.70. The topological polar surface area (TPSA) is 31.4 Å². The summed E-state index contributed by atoms with van der Waals surface area (Å²) in [7, 11) is 3.31. The monoisotopic (exact) mass is 321 g/mol. The van der Waals surface area contributed by atoms with Crippen LogP contribution in [0.2, 0.25) is 0 Å². The van der Waals surface area contributed by atoms with Gasteiger partial charge in [0.2, 0.25) is 0 Å². The Hall–Kier alpha value is -2.55. The molecule has 0 spiro atoms. The van der Waals surface area contributed by atoms with Crippen LogP contribution < -0.4 is 9.47 Å². The molecule has 3 heteroatoms. The van der Waals surface area contributed by atoms with E-state index in [2.05, 4.69) is 49.2 Å². The molecule has 0 fully saturated rings. The maximum Gasteiger partial charge on any atom is 0.160 e. The van der Waals surface area contributed by atoms with E-state index in [0.717, 1.165) is 29.2 Å². The van der Waals surface area contributed by atoms with E-state index in [0.29, 0.717) is 5.92 Å². The molecule has 0 atom stereocenters. The Labute approximate surface area is 143 Å². The van der Waals surface area contributed by atoms with Gasteiger partial charge in [-0.3, -0.25) is 4.98 Å². The van der Waals surface area contributed by atoms with E-state index in [1.807, 2.05) is 18.3 Å². The van der Waals surface area contributed by atoms with Gasteiger partial charge in [-0.1, -0.05) is 38.1 Å². The predicted molar refractivity (Wildman–Crippen MR) is 98.2 cm³/mol. The molecule has 1 aromatic heterocycles. The van der Waals surface area contributed by atoms with Crippen molar-refractivity contribution < 1.29 is 9.47 Å². The Bertz CT molecular complexity index is 850. The fraction of sp³-hybridized carbons (Fsp3) is 0.286. The lowest BCUT2D eigenvalue weighted by Gasteiger charge is -2.14. The van der Waals surface area contributed by atoms with Crippen LogP contribution in [0.3, 0.4) is 0 Å². The molecule has 24 heavy (non-hydrogen) atoms. The van der Waals surface area contributed by atoms with Crippen molar-refractivity contribution in [3.63, 3.8) is 0 Å². The van der Waals surface area contributed by atoms with Gasteiger partial charge < -0.3 is 9.47 Å². The first-order chi connectivity index (χ1) is 11.6. The zero-order valence-corrected chi connectivity index (χ0v) is 14.7. The van der Waals surface area contributed by atoms with Crippen molar-refractivity contribution in [1.29, 1.82) is 0 Å². The lowest BCUT2D eigenvalue weighted by atomic mass is 9.93. The molecule has 0 aliphatic heterocycles. The average molecular weight is 321 g/mol. The van der Waals surface area contributed by atoms with Gasteiger partial charge in [-0.05, 0) is 40.6 Å². The number of hydrogen-bond donors (Lipinski definition) is 0. The van der Waals surface area contributed by atoms with Crippen LogP contribution in [0.1, 0.15) is 36.6 Å². The summed E-state index contributed by atoms with van der Waals surface area (Å²) >= 11 is 0. The van der Waals surface area contributed by atoms with Gasteiger partial charge in [0.25, 0.3) is 0 Å². The summed E-state index contributed by atoms with van der Waals surface area (Å²) < 4.78 is 10.7. The number of nitrogens with zero attached hydrogens (tertiary/aromatic N) is 1. The standard InChI is InChI=1S/C21H23NO2/c1-14(2)17-7-5-6-16-10-11-22-18(21(16)17)12-15-8-9-19(23-3)20(13-15)24-4/h5-11,13-14H,12H2,1-4H3. The van der Waals surface area contributed by atoms with Gasteiger partial charge in [-0.15, -0.1) is 0 Å². The fourth-order valence-corrected chi connectivity index (χ4v) is 3.13. The minimum Gasteiger partial charge on any atom is -0.493 e. The Balaban J connectivity index is 2.07. The highest BCUT2D eigenvalue weighted by molar-refractivity contribution is 5.88. The molecule has 0 saturated carbocycles. The highest BCUT2D eigenvalue weighted by Crippen LogP contribution is 2.31. The van der Waals surface area contributed by atoms with Crippen LogP contribution in [0.25, 0.3) is 10.8 Å². The molecule has 124 valence electrons. The molecule has 0 saturated heterocycles. The quantitative estimate of drug-likeness (QED) is 0.665. The molecular weight excluding hydrogens is 298 g/mol. The number of aromatic nitrogens is 1. The number of fused-ring (bicyclic) bond motifs is 1. The second kappa shape index (κ2) is 6.91. The van der Waals surface area contributed by atoms with Gasteiger partial charge in [0.05, 0.1) is 19.9 Å². The van der Waals surface area contributed by atoms with Crippen molar-refractivity contribution in [2.24, 2.45) is 0 Å². The lowest BCUT2D eigenvalue weighted by Crippen LogP contribution is -1.99. The number of methoxy groups -OCH3 is 2. The van der Waals surface area contributed by atoms with Crippen molar-refractivity contribution in [2.45, 2.75) is 26.2 Å². The fourth-order valence-electron chi connectivity index (χ4n) is 3.13. The van der Waals surface area contributed by atoms with Crippen molar-refractivity contribution in [3.05, 3.63) is 65.5 Å². The van der Waals surface area contributed by atoms with Crippen LogP contribution >= 0.6 is 0 Å². The first-order valence-electron chi connectivity index (χ1n) is 8.21. The number of rotatable bonds is 5. The highest BCUT2D eigenvalue weighted by Gasteiger charge is 2.12. The van der Waals surface area contributed by atoms with Gasteiger partial charge in [0.1, 0.15) is 0 Å². The minimum absolute atomic E-state index is 0.460. The largest absolute Gasteiger partial charge is 0.493 e. The molecule has 3 nitrogen and oxygen atoms in total. The normalized spacial score (nSPS) is 11.0. The molecule has 3 rings (SSSR count). The second-order valence-corrected chi connectivity index (χ2v) is 6.22. The summed E-state index contributed by atoms with van der Waals surface area (Å²) in [5.41, 5.74) is 3.60. The van der Waals surface area contributed by atoms with Crippen molar-refractivity contribution >= 4 is 10.8 Å². The molecule has 3 aromatic rings. The van der Waals surface area contributed by atoms with E-state index in [4.69, 9.17) is 9.47 Å². The molecular formula is C21H23NO2. The van der Waals surface area contributed by atoms with Crippen LogP contribution in [-0.4, -0.2) is 19.2 Å². The van der Waals surface area contributed by atoms with Gasteiger partial charge in [-0.25, -0.2) is 0 Å². The number of ether oxygens (including phenoxy) is 2. The molecule has 2 aromatic carbocycles. The molecule has 0 N–H and O–H groups in total. The molecule has 0 aliphatic carbocycles. The minimum atomic E-state index is 0.460. The van der Waals surface area contributed by atoms with Crippen LogP contribution in [0.4, 0.5) is 0 Å². The maximum absolute atomic E-state index is 5.42. The number of pyridine rings is 1. The van der Waals surface area contributed by atoms with E-state index in [9.17, 15) is 0 Å². The maximum atomic E-state index is 5.42. The molecule has 0 bridgehead atoms. The van der Waals surface area contributed by atoms with Gasteiger partial charge in [0, 0.05) is 18.0 Å². The Morgan fingerprint density at radius 1 is 0.958 bits per heavy atom. The molecule has 0 radical (unpaired) electrons. The summed E-state index contributed by atoms with van der Waals surface area (Å²) in [6.45, 7) is 4.45. The third-order valence-electron chi connectivity index (χ3n) is 4.34. The van der Waals surface area contributed by atoms with E-state index in [1.165, 1.54) is 16.3 Å². The summed E-state index contributed by atoms with van der Waals surface area (Å²) in [4.78, 5) is 4.67. The Morgan fingerprint density at radius 3 is 2.46 bits per heavy atom. The highest BCUT2D eigenvalue weighted by atomic mass is 16.5. The smallest absolute Gasteiger partial charge is 0.160 e. The van der Waals surface area contributed by atoms with Crippen molar-refractivity contribution in [3.8, 4) is 11.5 Å². The lowest BCUT2D eigenvalue weighted by molar-refractivity contribution is 0.354. The molecule has 0 amide bonds. The third-order valence-corrected chi connectivity index (χ3v) is 4.34. The van der Waals surface area contributed by atoms with Gasteiger partial charge in [-0.2, -0.15) is 0 Å². The summed E-state index contributed by atoms with van der Waals surface area (Å²) in [6, 6.07) is 14.6. The predicted octanol–water partition coefficient (Wildman–Crippen LogP) is 4.97. The van der Waals surface area contributed by atoms with Crippen LogP contribution in [0.15, 0.2) is 48.7 Å².